The van der Waals surface area contributed by atoms with Crippen LogP contribution < -0.4 is 0 Å². The predicted molar refractivity (Wildman–Crippen MR) is 29.6 cm³/mol. The summed E-state index contributed by atoms with van der Waals surface area (Å²) in [7, 11) is 0. The molecule has 0 saturated heterocycles. The molecule has 2 bridgehead atoms. The lowest BCUT2D eigenvalue weighted by Gasteiger charge is -2.04. The number of allylic oxidation sites excluding steroid dienone is 4. The average molecular weight is 91.1 g/mol. The highest BCUT2D eigenvalue weighted by Crippen LogP contribution is 2.30. The van der Waals surface area contributed by atoms with Gasteiger partial charge in [-0.25, -0.2) is 0 Å². The molecule has 0 amide bonds. The molecule has 36 valence electrons. The summed E-state index contributed by atoms with van der Waals surface area (Å²) in [5, 5.41) is 0. The first-order valence-electron chi connectivity index (χ1n) is 2.67. The molecule has 0 N–H and O–H groups in total. The maximum Gasteiger partial charge on any atom is -0.114 e. The minimum Gasteiger partial charge on any atom is -0.308 e. The smallest absolute Gasteiger partial charge is 0.114 e. The van der Waals surface area contributed by atoms with Crippen molar-refractivity contribution < 1.29 is 0 Å². The summed E-state index contributed by atoms with van der Waals surface area (Å²) < 4.78 is 0. The highest BCUT2D eigenvalue weighted by molar-refractivity contribution is 5.29. The molecule has 0 aromatic carbocycles. The lowest BCUT2D eigenvalue weighted by atomic mass is 10.2. The number of rotatable bonds is 0. The van der Waals surface area contributed by atoms with Crippen LogP contribution in [0.5, 0.6) is 0 Å². The Labute approximate surface area is 43.5 Å². The van der Waals surface area contributed by atoms with Crippen LogP contribution in [0.4, 0.5) is 0 Å². The lowest BCUT2D eigenvalue weighted by molar-refractivity contribution is 0.950. The van der Waals surface area contributed by atoms with E-state index in [1.165, 1.54) is 0 Å². The average Bonchev–Trinajstić information content (AvgIpc) is 2.22. The van der Waals surface area contributed by atoms with Gasteiger partial charge in [0.05, 0.1) is 0 Å². The second kappa shape index (κ2) is 1.00. The molecule has 0 heteroatoms. The largest absolute Gasteiger partial charge is 0.308 e. The highest BCUT2D eigenvalue weighted by atomic mass is 14.2. The van der Waals surface area contributed by atoms with Gasteiger partial charge in [0.15, 0.2) is 0 Å². The van der Waals surface area contributed by atoms with Crippen molar-refractivity contribution in [2.45, 2.75) is 0 Å². The van der Waals surface area contributed by atoms with Crippen LogP contribution in [0, 0.1) is 18.3 Å². The van der Waals surface area contributed by atoms with Gasteiger partial charge in [-0.15, -0.1) is 36.1 Å². The fourth-order valence-electron chi connectivity index (χ4n) is 1.15. The fraction of sp³-hybridized carbons (Fsp3) is 0.286. The fourth-order valence-corrected chi connectivity index (χ4v) is 1.15. The molecule has 0 fully saturated rings. The predicted octanol–water partition coefficient (Wildman–Crippen LogP) is 1.56. The standard InChI is InChI=1S/C7H7/c1-2-7-4-3-6(1)5-7/h1-7H/q-1. The van der Waals surface area contributed by atoms with Crippen molar-refractivity contribution >= 4 is 0 Å². The second-order valence-corrected chi connectivity index (χ2v) is 2.12. The van der Waals surface area contributed by atoms with E-state index in [1.54, 1.807) is 0 Å². The third kappa shape index (κ3) is 0.365. The Morgan fingerprint density at radius 1 is 0.857 bits per heavy atom. The molecule has 2 aliphatic rings. The van der Waals surface area contributed by atoms with Gasteiger partial charge in [-0.1, -0.05) is 0 Å². The zero-order chi connectivity index (χ0) is 4.69. The van der Waals surface area contributed by atoms with Crippen molar-refractivity contribution in [3.05, 3.63) is 30.7 Å². The van der Waals surface area contributed by atoms with Crippen LogP contribution in [-0.4, -0.2) is 0 Å². The third-order valence-electron chi connectivity index (χ3n) is 1.56. The zero-order valence-electron chi connectivity index (χ0n) is 4.04. The number of hydrogen-bond acceptors (Lipinski definition) is 0. The monoisotopic (exact) mass is 91.1 g/mol. The number of hydrogen-bond donors (Lipinski definition) is 0. The maximum atomic E-state index is 2.33. The summed E-state index contributed by atoms with van der Waals surface area (Å²) in [5.74, 6) is 1.37. The Morgan fingerprint density at radius 3 is 1.43 bits per heavy atom. The summed E-state index contributed by atoms with van der Waals surface area (Å²) in [6, 6.07) is 0. The summed E-state index contributed by atoms with van der Waals surface area (Å²) in [5.41, 5.74) is 0. The van der Waals surface area contributed by atoms with Crippen molar-refractivity contribution in [1.29, 1.82) is 0 Å². The van der Waals surface area contributed by atoms with Gasteiger partial charge < -0.3 is 6.42 Å². The van der Waals surface area contributed by atoms with E-state index in [0.29, 0.717) is 11.8 Å². The molecule has 0 unspecified atom stereocenters. The summed E-state index contributed by atoms with van der Waals surface area (Å²) in [6.45, 7) is 0. The first-order chi connectivity index (χ1) is 3.45. The van der Waals surface area contributed by atoms with Gasteiger partial charge >= 0.3 is 0 Å². The van der Waals surface area contributed by atoms with E-state index >= 15 is 0 Å². The van der Waals surface area contributed by atoms with Crippen LogP contribution in [0.1, 0.15) is 0 Å². The van der Waals surface area contributed by atoms with Crippen molar-refractivity contribution in [3.63, 3.8) is 0 Å². The van der Waals surface area contributed by atoms with Gasteiger partial charge in [0, 0.05) is 0 Å². The van der Waals surface area contributed by atoms with Crippen LogP contribution in [-0.2, 0) is 0 Å². The van der Waals surface area contributed by atoms with E-state index in [4.69, 9.17) is 0 Å². The summed E-state index contributed by atoms with van der Waals surface area (Å²) in [4.78, 5) is 0. The van der Waals surface area contributed by atoms with Crippen LogP contribution in [0.15, 0.2) is 24.3 Å². The van der Waals surface area contributed by atoms with Gasteiger partial charge in [-0.3, -0.25) is 0 Å². The molecular weight excluding hydrogens is 84.1 g/mol. The van der Waals surface area contributed by atoms with Crippen molar-refractivity contribution in [2.24, 2.45) is 11.8 Å². The Kier molecular flexibility index (Phi) is 0.498. The molecule has 0 saturated carbocycles. The Morgan fingerprint density at radius 2 is 1.29 bits per heavy atom. The topological polar surface area (TPSA) is 0 Å². The molecule has 0 radical (unpaired) electrons. The van der Waals surface area contributed by atoms with Gasteiger partial charge in [0.1, 0.15) is 0 Å². The van der Waals surface area contributed by atoms with Gasteiger partial charge in [0.25, 0.3) is 0 Å². The van der Waals surface area contributed by atoms with E-state index in [-0.39, 0.29) is 0 Å². The first kappa shape index (κ1) is 3.48. The van der Waals surface area contributed by atoms with E-state index < -0.39 is 0 Å². The molecule has 0 atom stereocenters. The first-order valence-corrected chi connectivity index (χ1v) is 2.67. The summed E-state index contributed by atoms with van der Waals surface area (Å²) in [6.07, 6.45) is 11.3. The van der Waals surface area contributed by atoms with E-state index in [1.807, 2.05) is 0 Å². The van der Waals surface area contributed by atoms with Crippen molar-refractivity contribution in [1.82, 2.24) is 0 Å². The second-order valence-electron chi connectivity index (χ2n) is 2.12. The molecular formula is C7H7-. The molecule has 0 aliphatic heterocycles. The van der Waals surface area contributed by atoms with Crippen LogP contribution in [0.3, 0.4) is 0 Å². The van der Waals surface area contributed by atoms with E-state index in [2.05, 4.69) is 30.7 Å². The minimum absolute atomic E-state index is 0.685. The van der Waals surface area contributed by atoms with Crippen LogP contribution >= 0.6 is 0 Å². The van der Waals surface area contributed by atoms with Crippen molar-refractivity contribution in [3.8, 4) is 0 Å². The normalized spacial score (nSPS) is 43.4. The highest BCUT2D eigenvalue weighted by Gasteiger charge is 2.07. The van der Waals surface area contributed by atoms with Crippen LogP contribution in [0.25, 0.3) is 0 Å². The maximum absolute atomic E-state index is 2.33. The third-order valence-corrected chi connectivity index (χ3v) is 1.56. The number of fused-ring (bicyclic) bond motifs is 2. The summed E-state index contributed by atoms with van der Waals surface area (Å²) >= 11 is 0. The quantitative estimate of drug-likeness (QED) is 0.313. The zero-order valence-corrected chi connectivity index (χ0v) is 4.04. The van der Waals surface area contributed by atoms with Crippen LogP contribution in [0.2, 0.25) is 0 Å². The van der Waals surface area contributed by atoms with E-state index in [9.17, 15) is 0 Å². The SMILES string of the molecule is C1=CC2C=CC1[CH-]2. The van der Waals surface area contributed by atoms with Gasteiger partial charge in [-0.2, -0.15) is 0 Å². The molecule has 0 spiro atoms. The molecule has 2 aliphatic carbocycles. The van der Waals surface area contributed by atoms with Crippen molar-refractivity contribution in [2.75, 3.05) is 0 Å². The Bertz CT molecular complexity index is 103. The van der Waals surface area contributed by atoms with Gasteiger partial charge in [0.2, 0.25) is 0 Å². The molecule has 2 rings (SSSR count). The molecule has 0 aromatic rings. The minimum atomic E-state index is 0.685. The Balaban J connectivity index is 2.38. The molecule has 0 aromatic heterocycles. The molecule has 7 heavy (non-hydrogen) atoms. The Hall–Kier alpha value is -0.520. The lowest BCUT2D eigenvalue weighted by Crippen LogP contribution is -1.81. The van der Waals surface area contributed by atoms with Gasteiger partial charge in [-0.05, 0) is 0 Å². The molecule has 0 nitrogen and oxygen atoms in total. The van der Waals surface area contributed by atoms with E-state index in [0.717, 1.165) is 0 Å². The molecule has 0 heterocycles.